The van der Waals surface area contributed by atoms with Crippen LogP contribution in [-0.2, 0) is 11.4 Å². The summed E-state index contributed by atoms with van der Waals surface area (Å²) in [5.74, 6) is 0.325. The molecule has 0 radical (unpaired) electrons. The fraction of sp³-hybridized carbons (Fsp3) is 0.158. The van der Waals surface area contributed by atoms with Gasteiger partial charge in [-0.3, -0.25) is 4.79 Å². The number of nitrogens with two attached hydrogens (primary N) is 1. The molecule has 0 aliphatic heterocycles. The molecule has 0 fully saturated rings. The molecular weight excluding hydrogens is 304 g/mol. The van der Waals surface area contributed by atoms with Crippen molar-refractivity contribution in [2.45, 2.75) is 13.5 Å². The standard InChI is InChI=1S/C19H18N2O3/c1-13-5-3-4-6-15(13)12-24-17-8-7-14(10-18(17)23-2)9-16(11-20)19(21)22/h3-10H,12H2,1-2H3,(H2,21,22)/b16-9-. The second-order valence-corrected chi connectivity index (χ2v) is 5.16. The number of ether oxygens (including phenoxy) is 2. The highest BCUT2D eigenvalue weighted by Crippen LogP contribution is 2.30. The quantitative estimate of drug-likeness (QED) is 0.654. The van der Waals surface area contributed by atoms with Crippen molar-refractivity contribution in [3.63, 3.8) is 0 Å². The van der Waals surface area contributed by atoms with Crippen molar-refractivity contribution in [1.82, 2.24) is 0 Å². The predicted octanol–water partition coefficient (Wildman–Crippen LogP) is 2.97. The van der Waals surface area contributed by atoms with Crippen molar-refractivity contribution < 1.29 is 14.3 Å². The Balaban J connectivity index is 2.22. The molecule has 122 valence electrons. The lowest BCUT2D eigenvalue weighted by Gasteiger charge is -2.12. The van der Waals surface area contributed by atoms with Crippen LogP contribution < -0.4 is 15.2 Å². The zero-order chi connectivity index (χ0) is 17.5. The normalized spacial score (nSPS) is 10.8. The first-order valence-electron chi connectivity index (χ1n) is 7.32. The monoisotopic (exact) mass is 322 g/mol. The summed E-state index contributed by atoms with van der Waals surface area (Å²) in [6, 6.07) is 14.9. The molecule has 1 amide bonds. The molecule has 5 nitrogen and oxygen atoms in total. The summed E-state index contributed by atoms with van der Waals surface area (Å²) in [5, 5.41) is 8.90. The number of nitrogens with zero attached hydrogens (tertiary/aromatic N) is 1. The Labute approximate surface area is 140 Å². The second-order valence-electron chi connectivity index (χ2n) is 5.16. The first-order chi connectivity index (χ1) is 11.5. The van der Waals surface area contributed by atoms with Crippen LogP contribution in [0.1, 0.15) is 16.7 Å². The van der Waals surface area contributed by atoms with Crippen LogP contribution in [-0.4, -0.2) is 13.0 Å². The summed E-state index contributed by atoms with van der Waals surface area (Å²) in [7, 11) is 1.53. The number of carbonyl (C=O) groups excluding carboxylic acids is 1. The molecule has 0 saturated heterocycles. The second kappa shape index (κ2) is 7.84. The Hall–Kier alpha value is -3.26. The average molecular weight is 322 g/mol. The van der Waals surface area contributed by atoms with Crippen LogP contribution in [0.25, 0.3) is 6.08 Å². The summed E-state index contributed by atoms with van der Waals surface area (Å²) in [6.07, 6.45) is 1.41. The van der Waals surface area contributed by atoms with Gasteiger partial charge in [0.05, 0.1) is 7.11 Å². The largest absolute Gasteiger partial charge is 0.493 e. The highest BCUT2D eigenvalue weighted by Gasteiger charge is 2.08. The molecule has 5 heteroatoms. The van der Waals surface area contributed by atoms with E-state index in [1.807, 2.05) is 31.2 Å². The number of aryl methyl sites for hydroxylation is 1. The Kier molecular flexibility index (Phi) is 5.58. The van der Waals surface area contributed by atoms with Gasteiger partial charge in [0, 0.05) is 0 Å². The Morgan fingerprint density at radius 1 is 1.25 bits per heavy atom. The zero-order valence-electron chi connectivity index (χ0n) is 13.6. The van der Waals surface area contributed by atoms with Gasteiger partial charge in [-0.25, -0.2) is 0 Å². The third kappa shape index (κ3) is 4.14. The first kappa shape index (κ1) is 17.1. The molecule has 24 heavy (non-hydrogen) atoms. The van der Waals surface area contributed by atoms with Crippen LogP contribution in [0.3, 0.4) is 0 Å². The number of rotatable bonds is 6. The van der Waals surface area contributed by atoms with Crippen molar-refractivity contribution in [2.24, 2.45) is 5.73 Å². The topological polar surface area (TPSA) is 85.3 Å². The van der Waals surface area contributed by atoms with Crippen molar-refractivity contribution in [1.29, 1.82) is 5.26 Å². The molecule has 0 aliphatic rings. The van der Waals surface area contributed by atoms with Crippen molar-refractivity contribution in [3.8, 4) is 17.6 Å². The van der Waals surface area contributed by atoms with Crippen LogP contribution in [0.5, 0.6) is 11.5 Å². The number of primary amides is 1. The summed E-state index contributed by atoms with van der Waals surface area (Å²) in [4.78, 5) is 11.1. The fourth-order valence-electron chi connectivity index (χ4n) is 2.15. The third-order valence-electron chi connectivity index (χ3n) is 3.53. The van der Waals surface area contributed by atoms with Crippen molar-refractivity contribution >= 4 is 12.0 Å². The van der Waals surface area contributed by atoms with Gasteiger partial charge in [0.15, 0.2) is 11.5 Å². The number of hydrogen-bond donors (Lipinski definition) is 1. The average Bonchev–Trinajstić information content (AvgIpc) is 2.59. The van der Waals surface area contributed by atoms with E-state index in [2.05, 4.69) is 0 Å². The summed E-state index contributed by atoms with van der Waals surface area (Å²) < 4.78 is 11.2. The smallest absolute Gasteiger partial charge is 0.259 e. The van der Waals surface area contributed by atoms with Gasteiger partial charge in [-0.2, -0.15) is 5.26 Å². The summed E-state index contributed by atoms with van der Waals surface area (Å²) >= 11 is 0. The fourth-order valence-corrected chi connectivity index (χ4v) is 2.15. The van der Waals surface area contributed by atoms with E-state index in [0.717, 1.165) is 11.1 Å². The van der Waals surface area contributed by atoms with E-state index in [0.29, 0.717) is 23.7 Å². The van der Waals surface area contributed by atoms with Gasteiger partial charge in [-0.15, -0.1) is 0 Å². The number of benzene rings is 2. The minimum absolute atomic E-state index is 0.120. The van der Waals surface area contributed by atoms with E-state index in [9.17, 15) is 4.79 Å². The third-order valence-corrected chi connectivity index (χ3v) is 3.53. The number of hydrogen-bond acceptors (Lipinski definition) is 4. The molecule has 2 N–H and O–H groups in total. The van der Waals surface area contributed by atoms with Crippen molar-refractivity contribution in [2.75, 3.05) is 7.11 Å². The molecule has 0 bridgehead atoms. The van der Waals surface area contributed by atoms with Gasteiger partial charge >= 0.3 is 0 Å². The van der Waals surface area contributed by atoms with E-state index < -0.39 is 5.91 Å². The van der Waals surface area contributed by atoms with Gasteiger partial charge in [0.2, 0.25) is 0 Å². The molecule has 0 spiro atoms. The molecule has 2 rings (SSSR count). The number of carbonyl (C=O) groups is 1. The molecule has 0 heterocycles. The van der Waals surface area contributed by atoms with Gasteiger partial charge in [0.25, 0.3) is 5.91 Å². The molecule has 0 atom stereocenters. The van der Waals surface area contributed by atoms with E-state index in [4.69, 9.17) is 20.5 Å². The highest BCUT2D eigenvalue weighted by molar-refractivity contribution is 6.00. The van der Waals surface area contributed by atoms with E-state index in [-0.39, 0.29) is 5.57 Å². The first-order valence-corrected chi connectivity index (χ1v) is 7.32. The molecule has 2 aromatic rings. The van der Waals surface area contributed by atoms with E-state index >= 15 is 0 Å². The van der Waals surface area contributed by atoms with Crippen LogP contribution in [0.2, 0.25) is 0 Å². The predicted molar refractivity (Wildman–Crippen MR) is 91.3 cm³/mol. The Bertz CT molecular complexity index is 820. The summed E-state index contributed by atoms with van der Waals surface area (Å²) in [6.45, 7) is 2.44. The van der Waals surface area contributed by atoms with Crippen LogP contribution >= 0.6 is 0 Å². The molecule has 0 unspecified atom stereocenters. The maximum Gasteiger partial charge on any atom is 0.259 e. The Morgan fingerprint density at radius 2 is 2.00 bits per heavy atom. The van der Waals surface area contributed by atoms with E-state index in [1.54, 1.807) is 24.3 Å². The maximum absolute atomic E-state index is 11.1. The van der Waals surface area contributed by atoms with E-state index in [1.165, 1.54) is 13.2 Å². The molecule has 0 aliphatic carbocycles. The highest BCUT2D eigenvalue weighted by atomic mass is 16.5. The van der Waals surface area contributed by atoms with Gasteiger partial charge in [-0.05, 0) is 41.8 Å². The lowest BCUT2D eigenvalue weighted by molar-refractivity contribution is -0.114. The van der Waals surface area contributed by atoms with Crippen LogP contribution in [0, 0.1) is 18.3 Å². The van der Waals surface area contributed by atoms with Crippen molar-refractivity contribution in [3.05, 3.63) is 64.7 Å². The zero-order valence-corrected chi connectivity index (χ0v) is 13.6. The van der Waals surface area contributed by atoms with Gasteiger partial charge < -0.3 is 15.2 Å². The summed E-state index contributed by atoms with van der Waals surface area (Å²) in [5.41, 5.74) is 7.88. The molecule has 0 saturated carbocycles. The Morgan fingerprint density at radius 3 is 2.62 bits per heavy atom. The lowest BCUT2D eigenvalue weighted by Crippen LogP contribution is -2.12. The van der Waals surface area contributed by atoms with Gasteiger partial charge in [0.1, 0.15) is 18.2 Å². The number of methoxy groups -OCH3 is 1. The SMILES string of the molecule is COc1cc(/C=C(/C#N)C(N)=O)ccc1OCc1ccccc1C. The lowest BCUT2D eigenvalue weighted by atomic mass is 10.1. The maximum atomic E-state index is 11.1. The minimum Gasteiger partial charge on any atom is -0.493 e. The molecular formula is C19H18N2O3. The molecule has 2 aromatic carbocycles. The number of nitriles is 1. The van der Waals surface area contributed by atoms with Gasteiger partial charge in [-0.1, -0.05) is 30.3 Å². The minimum atomic E-state index is -0.767. The van der Waals surface area contributed by atoms with Crippen LogP contribution in [0.4, 0.5) is 0 Å². The number of amides is 1. The van der Waals surface area contributed by atoms with Crippen LogP contribution in [0.15, 0.2) is 48.0 Å². The molecule has 0 aromatic heterocycles.